The van der Waals surface area contributed by atoms with Crippen molar-refractivity contribution >= 4 is 25.2 Å². The molecule has 4 fully saturated rings. The van der Waals surface area contributed by atoms with Crippen LogP contribution in [0.1, 0.15) is 80.2 Å². The van der Waals surface area contributed by atoms with Crippen molar-refractivity contribution in [2.45, 2.75) is 111 Å². The first-order valence-electron chi connectivity index (χ1n) is 15.2. The van der Waals surface area contributed by atoms with Gasteiger partial charge in [-0.05, 0) is 75.7 Å². The normalized spacial score (nSPS) is 27.3. The van der Waals surface area contributed by atoms with Crippen LogP contribution in [0.25, 0.3) is 0 Å². The highest BCUT2D eigenvalue weighted by molar-refractivity contribution is 6.48. The van der Waals surface area contributed by atoms with Crippen molar-refractivity contribution in [2.75, 3.05) is 6.54 Å². The van der Waals surface area contributed by atoms with Crippen LogP contribution < -0.4 is 16.0 Å². The maximum Gasteiger partial charge on any atom is 0.481 e. The summed E-state index contributed by atoms with van der Waals surface area (Å²) in [7, 11) is -0.618. The highest BCUT2D eigenvalue weighted by Crippen LogP contribution is 2.65. The van der Waals surface area contributed by atoms with Gasteiger partial charge in [-0.15, -0.1) is 0 Å². The van der Waals surface area contributed by atoms with Gasteiger partial charge in [-0.1, -0.05) is 58.0 Å². The molecule has 232 valence electrons. The molecular formula is C31H48BN3O7. The van der Waals surface area contributed by atoms with Gasteiger partial charge in [-0.25, -0.2) is 9.59 Å². The summed E-state index contributed by atoms with van der Waals surface area (Å²) in [5.74, 6) is 0.310. The largest absolute Gasteiger partial charge is 0.481 e. The van der Waals surface area contributed by atoms with Crippen LogP contribution in [0.15, 0.2) is 30.3 Å². The lowest BCUT2D eigenvalue weighted by molar-refractivity contribution is -0.199. The Morgan fingerprint density at radius 2 is 1.74 bits per heavy atom. The smallest absolute Gasteiger partial charge is 0.445 e. The third kappa shape index (κ3) is 7.40. The van der Waals surface area contributed by atoms with Crippen LogP contribution in [-0.2, 0) is 30.2 Å². The van der Waals surface area contributed by atoms with E-state index in [1.165, 1.54) is 0 Å². The van der Waals surface area contributed by atoms with Gasteiger partial charge in [0.15, 0.2) is 0 Å². The standard InChI is InChI=1S/C31H48BN3O7/c1-19(2)14-25(32-41-24-16-21-15-23(30(21,6)7)31(24,8)42-32)35-26(36)22(34-28(38)40-29(3,4)5)17-33-27(37)39-18-20-12-10-9-11-13-20/h9-13,19,21-25H,14-18H2,1-8H3,(H,33,37)(H,34,38)(H,35,36)/t21-,22+,23-,24-,25+,31+/m1/s1. The molecule has 1 heterocycles. The Kier molecular flexibility index (Phi) is 9.52. The predicted molar refractivity (Wildman–Crippen MR) is 159 cm³/mol. The van der Waals surface area contributed by atoms with Gasteiger partial charge in [0.05, 0.1) is 24.2 Å². The molecule has 0 radical (unpaired) electrons. The number of nitrogens with one attached hydrogen (secondary N) is 3. The molecular weight excluding hydrogens is 537 g/mol. The minimum absolute atomic E-state index is 0.0254. The summed E-state index contributed by atoms with van der Waals surface area (Å²) in [5, 5.41) is 8.27. The van der Waals surface area contributed by atoms with E-state index in [1.54, 1.807) is 20.8 Å². The Labute approximate surface area is 250 Å². The van der Waals surface area contributed by atoms with Crippen LogP contribution >= 0.6 is 0 Å². The third-order valence-corrected chi connectivity index (χ3v) is 9.02. The van der Waals surface area contributed by atoms with E-state index in [9.17, 15) is 14.4 Å². The zero-order valence-electron chi connectivity index (χ0n) is 26.3. The number of carbonyl (C=O) groups excluding carboxylic acids is 3. The molecule has 6 atom stereocenters. The summed E-state index contributed by atoms with van der Waals surface area (Å²) in [5.41, 5.74) is -0.152. The molecule has 5 rings (SSSR count). The molecule has 42 heavy (non-hydrogen) atoms. The predicted octanol–water partition coefficient (Wildman–Crippen LogP) is 4.60. The summed E-state index contributed by atoms with van der Waals surface area (Å²) < 4.78 is 23.8. The van der Waals surface area contributed by atoms with Crippen molar-refractivity contribution in [1.82, 2.24) is 16.0 Å². The fourth-order valence-corrected chi connectivity index (χ4v) is 6.72. The zero-order chi connectivity index (χ0) is 30.9. The van der Waals surface area contributed by atoms with Crippen LogP contribution in [0.3, 0.4) is 0 Å². The van der Waals surface area contributed by atoms with Crippen LogP contribution in [0.2, 0.25) is 0 Å². The molecule has 1 aromatic carbocycles. The van der Waals surface area contributed by atoms with Crippen molar-refractivity contribution in [3.8, 4) is 0 Å². The average Bonchev–Trinajstić information content (AvgIpc) is 3.25. The minimum atomic E-state index is -1.12. The molecule has 3 amide bonds. The Hall–Kier alpha value is -2.79. The molecule has 1 aliphatic heterocycles. The van der Waals surface area contributed by atoms with Crippen LogP contribution in [-0.4, -0.2) is 61.0 Å². The number of rotatable bonds is 10. The topological polar surface area (TPSA) is 124 Å². The van der Waals surface area contributed by atoms with Crippen molar-refractivity contribution in [2.24, 2.45) is 23.2 Å². The molecule has 11 heteroatoms. The number of hydrogen-bond donors (Lipinski definition) is 3. The first-order chi connectivity index (χ1) is 19.6. The van der Waals surface area contributed by atoms with E-state index in [0.29, 0.717) is 18.3 Å². The number of carbonyl (C=O) groups is 3. The molecule has 10 nitrogen and oxygen atoms in total. The van der Waals surface area contributed by atoms with Crippen LogP contribution in [0.4, 0.5) is 9.59 Å². The van der Waals surface area contributed by atoms with Gasteiger partial charge >= 0.3 is 19.3 Å². The van der Waals surface area contributed by atoms with Gasteiger partial charge in [-0.2, -0.15) is 0 Å². The Balaban J connectivity index is 1.43. The monoisotopic (exact) mass is 585 g/mol. The van der Waals surface area contributed by atoms with Gasteiger partial charge < -0.3 is 34.7 Å². The van der Waals surface area contributed by atoms with E-state index in [2.05, 4.69) is 50.6 Å². The number of benzene rings is 1. The van der Waals surface area contributed by atoms with Crippen molar-refractivity contribution in [3.63, 3.8) is 0 Å². The molecule has 1 saturated heterocycles. The van der Waals surface area contributed by atoms with Gasteiger partial charge in [0.1, 0.15) is 18.2 Å². The van der Waals surface area contributed by atoms with E-state index >= 15 is 0 Å². The SMILES string of the molecule is CC(C)C[C@H](NC(=O)[C@H](CNC(=O)OCc1ccccc1)NC(=O)OC(C)(C)C)B1O[C@@H]2C[C@H]3C[C@H](C3(C)C)[C@]2(C)O1. The highest BCUT2D eigenvalue weighted by Gasteiger charge is 2.68. The molecule has 1 aromatic rings. The van der Waals surface area contributed by atoms with E-state index < -0.39 is 48.4 Å². The summed E-state index contributed by atoms with van der Waals surface area (Å²) in [6.07, 6.45) is 1.19. The van der Waals surface area contributed by atoms with Gasteiger partial charge in [0.2, 0.25) is 5.91 Å². The van der Waals surface area contributed by atoms with E-state index in [4.69, 9.17) is 18.8 Å². The first-order valence-corrected chi connectivity index (χ1v) is 15.2. The molecule has 3 N–H and O–H groups in total. The van der Waals surface area contributed by atoms with Crippen molar-refractivity contribution < 1.29 is 33.2 Å². The average molecular weight is 586 g/mol. The second kappa shape index (κ2) is 12.4. The summed E-state index contributed by atoms with van der Waals surface area (Å²) >= 11 is 0. The van der Waals surface area contributed by atoms with Gasteiger partial charge in [0, 0.05) is 0 Å². The molecule has 3 saturated carbocycles. The van der Waals surface area contributed by atoms with E-state index in [-0.39, 0.29) is 30.6 Å². The second-order valence-electron chi connectivity index (χ2n) is 14.2. The first kappa shape index (κ1) is 32.1. The third-order valence-electron chi connectivity index (χ3n) is 9.02. The fourth-order valence-electron chi connectivity index (χ4n) is 6.72. The number of amides is 3. The fraction of sp³-hybridized carbons (Fsp3) is 0.710. The highest BCUT2D eigenvalue weighted by atomic mass is 16.7. The summed E-state index contributed by atoms with van der Waals surface area (Å²) in [6, 6.07) is 8.15. The summed E-state index contributed by atoms with van der Waals surface area (Å²) in [4.78, 5) is 38.8. The lowest BCUT2D eigenvalue weighted by Gasteiger charge is -2.64. The molecule has 0 aromatic heterocycles. The minimum Gasteiger partial charge on any atom is -0.445 e. The molecule has 3 aliphatic carbocycles. The number of ether oxygens (including phenoxy) is 2. The van der Waals surface area contributed by atoms with Crippen LogP contribution in [0.5, 0.6) is 0 Å². The maximum atomic E-state index is 13.7. The molecule has 2 bridgehead atoms. The Morgan fingerprint density at radius 3 is 2.36 bits per heavy atom. The Bertz CT molecular complexity index is 1130. The lowest BCUT2D eigenvalue weighted by Crippen LogP contribution is -2.65. The Morgan fingerprint density at radius 1 is 1.05 bits per heavy atom. The molecule has 4 aliphatic rings. The second-order valence-corrected chi connectivity index (χ2v) is 14.2. The maximum absolute atomic E-state index is 13.7. The quantitative estimate of drug-likeness (QED) is 0.343. The zero-order valence-corrected chi connectivity index (χ0v) is 26.3. The lowest BCUT2D eigenvalue weighted by atomic mass is 9.43. The number of alkyl carbamates (subject to hydrolysis) is 2. The summed E-state index contributed by atoms with van der Waals surface area (Å²) in [6.45, 7) is 16.0. The van der Waals surface area contributed by atoms with Crippen molar-refractivity contribution in [3.05, 3.63) is 35.9 Å². The van der Waals surface area contributed by atoms with E-state index in [1.807, 2.05) is 30.3 Å². The van der Waals surface area contributed by atoms with Crippen LogP contribution in [0, 0.1) is 23.2 Å². The van der Waals surface area contributed by atoms with Gasteiger partial charge in [0.25, 0.3) is 0 Å². The van der Waals surface area contributed by atoms with Crippen molar-refractivity contribution in [1.29, 1.82) is 0 Å². The molecule has 0 unspecified atom stereocenters. The van der Waals surface area contributed by atoms with E-state index in [0.717, 1.165) is 18.4 Å². The molecule has 0 spiro atoms. The van der Waals surface area contributed by atoms with Gasteiger partial charge in [-0.3, -0.25) is 4.79 Å². The number of hydrogen-bond acceptors (Lipinski definition) is 7.